The standard InChI is InChI=1S/C24H31NO5S/c1-29-22(27)20-17-5-3-2-4-6-18(17)31-21(20)25-19(26)13-30-23(28)24-10-14-7-15(11-24)9-16(8-14)12-24/h14-16H,2-13H2,1H3,(H,25,26). The SMILES string of the molecule is COC(=O)c1c(NC(=O)COC(=O)C23CC4CC(CC(C4)C2)C3)sc2c1CCCCC2. The summed E-state index contributed by atoms with van der Waals surface area (Å²) in [6, 6.07) is 0. The summed E-state index contributed by atoms with van der Waals surface area (Å²) in [4.78, 5) is 39.2. The van der Waals surface area contributed by atoms with Gasteiger partial charge in [0.2, 0.25) is 0 Å². The van der Waals surface area contributed by atoms with Crippen molar-refractivity contribution in [2.75, 3.05) is 19.0 Å². The zero-order valence-corrected chi connectivity index (χ0v) is 19.0. The number of rotatable bonds is 5. The lowest BCUT2D eigenvalue weighted by Crippen LogP contribution is -2.50. The zero-order chi connectivity index (χ0) is 21.6. The van der Waals surface area contributed by atoms with Crippen LogP contribution in [0, 0.1) is 23.2 Å². The van der Waals surface area contributed by atoms with Gasteiger partial charge in [-0.15, -0.1) is 11.3 Å². The van der Waals surface area contributed by atoms with Crippen LogP contribution in [0.15, 0.2) is 0 Å². The molecule has 4 fully saturated rings. The second-order valence-electron chi connectivity index (χ2n) is 10.1. The van der Waals surface area contributed by atoms with E-state index in [2.05, 4.69) is 5.32 Å². The molecule has 0 radical (unpaired) electrons. The van der Waals surface area contributed by atoms with Crippen molar-refractivity contribution in [3.05, 3.63) is 16.0 Å². The van der Waals surface area contributed by atoms with Crippen molar-refractivity contribution >= 4 is 34.2 Å². The Hall–Kier alpha value is -1.89. The lowest BCUT2D eigenvalue weighted by atomic mass is 9.49. The lowest BCUT2D eigenvalue weighted by molar-refractivity contribution is -0.172. The number of anilines is 1. The number of hydrogen-bond acceptors (Lipinski definition) is 6. The summed E-state index contributed by atoms with van der Waals surface area (Å²) in [5, 5.41) is 3.36. The predicted octanol–water partition coefficient (Wildman–Crippen LogP) is 4.50. The van der Waals surface area contributed by atoms with Gasteiger partial charge in [0.05, 0.1) is 18.1 Å². The van der Waals surface area contributed by atoms with Gasteiger partial charge in [-0.05, 0) is 87.5 Å². The topological polar surface area (TPSA) is 81.7 Å². The van der Waals surface area contributed by atoms with Gasteiger partial charge in [-0.1, -0.05) is 6.42 Å². The number of methoxy groups -OCH3 is 1. The average molecular weight is 446 g/mol. The third-order valence-corrected chi connectivity index (χ3v) is 9.08. The Morgan fingerprint density at radius 3 is 2.29 bits per heavy atom. The second-order valence-corrected chi connectivity index (χ2v) is 11.2. The summed E-state index contributed by atoms with van der Waals surface area (Å²) in [5.41, 5.74) is 1.12. The molecule has 5 aliphatic rings. The smallest absolute Gasteiger partial charge is 0.341 e. The van der Waals surface area contributed by atoms with E-state index in [1.807, 2.05) is 0 Å². The van der Waals surface area contributed by atoms with Crippen LogP contribution in [0.1, 0.15) is 78.6 Å². The molecular formula is C24H31NO5S. The monoisotopic (exact) mass is 445 g/mol. The Kier molecular flexibility index (Phi) is 5.57. The van der Waals surface area contributed by atoms with Crippen molar-refractivity contribution < 1.29 is 23.9 Å². The maximum Gasteiger partial charge on any atom is 0.341 e. The first kappa shape index (κ1) is 21.0. The third kappa shape index (κ3) is 3.90. The molecule has 0 saturated heterocycles. The molecule has 0 aliphatic heterocycles. The molecule has 0 unspecified atom stereocenters. The molecule has 1 aromatic rings. The first-order valence-electron chi connectivity index (χ1n) is 11.7. The molecule has 1 amide bonds. The first-order valence-corrected chi connectivity index (χ1v) is 12.5. The molecule has 4 saturated carbocycles. The number of ether oxygens (including phenoxy) is 2. The number of fused-ring (bicyclic) bond motifs is 1. The van der Waals surface area contributed by atoms with Crippen LogP contribution in [0.3, 0.4) is 0 Å². The van der Waals surface area contributed by atoms with Gasteiger partial charge in [0.25, 0.3) is 5.91 Å². The molecule has 0 spiro atoms. The highest BCUT2D eigenvalue weighted by molar-refractivity contribution is 7.17. The molecular weight excluding hydrogens is 414 g/mol. The van der Waals surface area contributed by atoms with Crippen LogP contribution >= 0.6 is 11.3 Å². The molecule has 1 heterocycles. The maximum atomic E-state index is 13.0. The van der Waals surface area contributed by atoms with Crippen LogP contribution in [-0.2, 0) is 31.9 Å². The van der Waals surface area contributed by atoms with Gasteiger partial charge in [-0.25, -0.2) is 4.79 Å². The number of amides is 1. The minimum Gasteiger partial charge on any atom is -0.465 e. The molecule has 31 heavy (non-hydrogen) atoms. The lowest BCUT2D eigenvalue weighted by Gasteiger charge is -2.55. The van der Waals surface area contributed by atoms with Gasteiger partial charge in [0.15, 0.2) is 6.61 Å². The molecule has 0 aromatic carbocycles. The Balaban J connectivity index is 1.25. The van der Waals surface area contributed by atoms with Crippen molar-refractivity contribution in [3.63, 3.8) is 0 Å². The summed E-state index contributed by atoms with van der Waals surface area (Å²) in [7, 11) is 1.36. The third-order valence-electron chi connectivity index (χ3n) is 7.87. The van der Waals surface area contributed by atoms with Crippen molar-refractivity contribution in [1.29, 1.82) is 0 Å². The molecule has 4 bridgehead atoms. The van der Waals surface area contributed by atoms with Gasteiger partial charge >= 0.3 is 11.9 Å². The first-order chi connectivity index (χ1) is 15.0. The minimum atomic E-state index is -0.416. The molecule has 7 heteroatoms. The molecule has 1 aromatic heterocycles. The second kappa shape index (κ2) is 8.23. The molecule has 168 valence electrons. The fourth-order valence-electron chi connectivity index (χ4n) is 6.96. The van der Waals surface area contributed by atoms with Gasteiger partial charge in [0, 0.05) is 4.88 Å². The molecule has 0 atom stereocenters. The Morgan fingerprint density at radius 2 is 1.65 bits per heavy atom. The van der Waals surface area contributed by atoms with E-state index in [1.165, 1.54) is 37.7 Å². The van der Waals surface area contributed by atoms with Crippen LogP contribution < -0.4 is 5.32 Å². The van der Waals surface area contributed by atoms with Crippen molar-refractivity contribution in [1.82, 2.24) is 0 Å². The number of carbonyl (C=O) groups is 3. The fourth-order valence-corrected chi connectivity index (χ4v) is 8.25. The summed E-state index contributed by atoms with van der Waals surface area (Å²) in [6.45, 7) is -0.302. The van der Waals surface area contributed by atoms with Crippen LogP contribution in [0.25, 0.3) is 0 Å². The predicted molar refractivity (Wildman–Crippen MR) is 117 cm³/mol. The van der Waals surface area contributed by atoms with Gasteiger partial charge in [-0.3, -0.25) is 9.59 Å². The number of thiophene rings is 1. The van der Waals surface area contributed by atoms with E-state index in [0.29, 0.717) is 28.3 Å². The van der Waals surface area contributed by atoms with E-state index in [1.54, 1.807) is 0 Å². The van der Waals surface area contributed by atoms with E-state index in [0.717, 1.165) is 61.8 Å². The largest absolute Gasteiger partial charge is 0.465 e. The zero-order valence-electron chi connectivity index (χ0n) is 18.2. The number of aryl methyl sites for hydroxylation is 1. The van der Waals surface area contributed by atoms with Crippen molar-refractivity contribution in [3.8, 4) is 0 Å². The summed E-state index contributed by atoms with van der Waals surface area (Å²) < 4.78 is 10.5. The average Bonchev–Trinajstić information content (AvgIpc) is 2.90. The van der Waals surface area contributed by atoms with Gasteiger partial charge < -0.3 is 14.8 Å². The van der Waals surface area contributed by atoms with E-state index in [4.69, 9.17) is 9.47 Å². The van der Waals surface area contributed by atoms with Crippen molar-refractivity contribution in [2.24, 2.45) is 23.2 Å². The summed E-state index contributed by atoms with van der Waals surface area (Å²) >= 11 is 1.46. The normalized spacial score (nSPS) is 30.9. The Labute approximate surface area is 187 Å². The number of hydrogen-bond donors (Lipinski definition) is 1. The van der Waals surface area contributed by atoms with E-state index in [9.17, 15) is 14.4 Å². The van der Waals surface area contributed by atoms with Crippen molar-refractivity contribution in [2.45, 2.75) is 70.6 Å². The fraction of sp³-hybridized carbons (Fsp3) is 0.708. The summed E-state index contributed by atoms with van der Waals surface area (Å²) in [6.07, 6.45) is 11.5. The Morgan fingerprint density at radius 1 is 1.00 bits per heavy atom. The molecule has 5 aliphatic carbocycles. The molecule has 6 rings (SSSR count). The summed E-state index contributed by atoms with van der Waals surface area (Å²) in [5.74, 6) is 0.946. The van der Waals surface area contributed by atoms with Gasteiger partial charge in [0.1, 0.15) is 5.00 Å². The number of carbonyl (C=O) groups excluding carboxylic acids is 3. The highest BCUT2D eigenvalue weighted by Crippen LogP contribution is 2.60. The maximum absolute atomic E-state index is 13.0. The quantitative estimate of drug-likeness (QED) is 0.533. The number of esters is 2. The van der Waals surface area contributed by atoms with Crippen LogP contribution in [0.4, 0.5) is 5.00 Å². The van der Waals surface area contributed by atoms with Gasteiger partial charge in [-0.2, -0.15) is 0 Å². The highest BCUT2D eigenvalue weighted by Gasteiger charge is 2.55. The molecule has 6 nitrogen and oxygen atoms in total. The van der Waals surface area contributed by atoms with E-state index < -0.39 is 5.97 Å². The van der Waals surface area contributed by atoms with Crippen LogP contribution in [0.2, 0.25) is 0 Å². The number of nitrogens with one attached hydrogen (secondary N) is 1. The minimum absolute atomic E-state index is 0.197. The van der Waals surface area contributed by atoms with Crippen LogP contribution in [0.5, 0.6) is 0 Å². The van der Waals surface area contributed by atoms with Crippen LogP contribution in [-0.4, -0.2) is 31.6 Å². The van der Waals surface area contributed by atoms with E-state index >= 15 is 0 Å². The molecule has 1 N–H and O–H groups in total. The van der Waals surface area contributed by atoms with E-state index in [-0.39, 0.29) is 23.9 Å². The highest BCUT2D eigenvalue weighted by atomic mass is 32.1. The Bertz CT molecular complexity index is 869.